The third kappa shape index (κ3) is 4.85. The summed E-state index contributed by atoms with van der Waals surface area (Å²) < 4.78 is 5.07. The van der Waals surface area contributed by atoms with Crippen molar-refractivity contribution in [2.45, 2.75) is 32.9 Å². The van der Waals surface area contributed by atoms with Gasteiger partial charge >= 0.3 is 5.97 Å². The molecule has 1 rings (SSSR count). The molecule has 1 aromatic rings. The fraction of sp³-hybridized carbons (Fsp3) is 0.500. The van der Waals surface area contributed by atoms with Crippen molar-refractivity contribution < 1.29 is 14.6 Å². The third-order valence-corrected chi connectivity index (χ3v) is 3.51. The first kappa shape index (κ1) is 17.1. The SMILES string of the molecule is COc1cc(Cl)c(CN[C@@H](CC(C)C)C(=O)O)cc1Cl. The quantitative estimate of drug-likeness (QED) is 0.806. The van der Waals surface area contributed by atoms with Crippen LogP contribution in [0.3, 0.4) is 0 Å². The summed E-state index contributed by atoms with van der Waals surface area (Å²) >= 11 is 12.2. The second kappa shape index (κ2) is 7.72. The van der Waals surface area contributed by atoms with Crippen molar-refractivity contribution >= 4 is 29.2 Å². The molecule has 0 aliphatic carbocycles. The summed E-state index contributed by atoms with van der Waals surface area (Å²) in [6.45, 7) is 4.30. The first-order valence-electron chi connectivity index (χ1n) is 6.33. The van der Waals surface area contributed by atoms with Gasteiger partial charge in [-0.25, -0.2) is 0 Å². The summed E-state index contributed by atoms with van der Waals surface area (Å²) in [6.07, 6.45) is 0.552. The topological polar surface area (TPSA) is 58.6 Å². The van der Waals surface area contributed by atoms with Gasteiger partial charge in [-0.1, -0.05) is 37.0 Å². The summed E-state index contributed by atoms with van der Waals surface area (Å²) in [5.41, 5.74) is 0.743. The molecule has 2 N–H and O–H groups in total. The molecule has 0 radical (unpaired) electrons. The summed E-state index contributed by atoms with van der Waals surface area (Å²) in [5.74, 6) is -0.0784. The maximum Gasteiger partial charge on any atom is 0.320 e. The van der Waals surface area contributed by atoms with E-state index in [-0.39, 0.29) is 0 Å². The molecule has 0 fully saturated rings. The Hall–Kier alpha value is -0.970. The standard InChI is InChI=1S/C14H19Cl2NO3/c1-8(2)4-12(14(18)19)17-7-9-5-11(16)13(20-3)6-10(9)15/h5-6,8,12,17H,4,7H2,1-3H3,(H,18,19)/t12-/m0/s1. The van der Waals surface area contributed by atoms with E-state index in [0.29, 0.717) is 34.7 Å². The van der Waals surface area contributed by atoms with Crippen LogP contribution in [0.4, 0.5) is 0 Å². The minimum atomic E-state index is -0.866. The van der Waals surface area contributed by atoms with Gasteiger partial charge in [0.05, 0.1) is 12.1 Å². The Bertz CT molecular complexity index is 478. The van der Waals surface area contributed by atoms with E-state index in [0.717, 1.165) is 5.56 Å². The number of hydrogen-bond acceptors (Lipinski definition) is 3. The van der Waals surface area contributed by atoms with Crippen molar-refractivity contribution in [3.8, 4) is 5.75 Å². The van der Waals surface area contributed by atoms with E-state index in [1.807, 2.05) is 13.8 Å². The molecular formula is C14H19Cl2NO3. The van der Waals surface area contributed by atoms with Gasteiger partial charge < -0.3 is 15.2 Å². The molecule has 0 aromatic heterocycles. The lowest BCUT2D eigenvalue weighted by Gasteiger charge is -2.17. The van der Waals surface area contributed by atoms with Gasteiger partial charge in [-0.05, 0) is 24.0 Å². The molecule has 0 aliphatic heterocycles. The van der Waals surface area contributed by atoms with Gasteiger partial charge in [-0.3, -0.25) is 4.79 Å². The molecule has 4 nitrogen and oxygen atoms in total. The molecule has 1 atom stereocenters. The number of aliphatic carboxylic acids is 1. The summed E-state index contributed by atoms with van der Waals surface area (Å²) in [4.78, 5) is 11.2. The first-order chi connectivity index (χ1) is 9.35. The number of hydrogen-bond donors (Lipinski definition) is 2. The van der Waals surface area contributed by atoms with Crippen LogP contribution in [0.5, 0.6) is 5.75 Å². The number of methoxy groups -OCH3 is 1. The van der Waals surface area contributed by atoms with E-state index in [1.165, 1.54) is 7.11 Å². The zero-order valence-electron chi connectivity index (χ0n) is 11.7. The average molecular weight is 320 g/mol. The van der Waals surface area contributed by atoms with Crippen LogP contribution < -0.4 is 10.1 Å². The maximum absolute atomic E-state index is 11.2. The Morgan fingerprint density at radius 1 is 1.35 bits per heavy atom. The van der Waals surface area contributed by atoms with E-state index in [1.54, 1.807) is 12.1 Å². The van der Waals surface area contributed by atoms with Crippen molar-refractivity contribution in [2.75, 3.05) is 7.11 Å². The van der Waals surface area contributed by atoms with Gasteiger partial charge in [0.15, 0.2) is 0 Å². The predicted octanol–water partition coefficient (Wildman–Crippen LogP) is 3.59. The molecule has 0 bridgehead atoms. The molecule has 20 heavy (non-hydrogen) atoms. The van der Waals surface area contributed by atoms with Crippen molar-refractivity contribution in [1.82, 2.24) is 5.32 Å². The fourth-order valence-corrected chi connectivity index (χ4v) is 2.32. The third-order valence-electron chi connectivity index (χ3n) is 2.86. The first-order valence-corrected chi connectivity index (χ1v) is 7.08. The molecule has 1 aromatic carbocycles. The van der Waals surface area contributed by atoms with Crippen LogP contribution in [-0.4, -0.2) is 24.2 Å². The Kier molecular flexibility index (Phi) is 6.59. The Morgan fingerprint density at radius 3 is 2.50 bits per heavy atom. The molecule has 6 heteroatoms. The number of carbonyl (C=O) groups is 1. The van der Waals surface area contributed by atoms with E-state index in [9.17, 15) is 4.79 Å². The van der Waals surface area contributed by atoms with Crippen molar-refractivity contribution in [1.29, 1.82) is 0 Å². The van der Waals surface area contributed by atoms with Gasteiger partial charge in [0.2, 0.25) is 0 Å². The number of ether oxygens (including phenoxy) is 1. The van der Waals surface area contributed by atoms with E-state index >= 15 is 0 Å². The van der Waals surface area contributed by atoms with Crippen molar-refractivity contribution in [2.24, 2.45) is 5.92 Å². The molecular weight excluding hydrogens is 301 g/mol. The number of benzene rings is 1. The summed E-state index contributed by atoms with van der Waals surface area (Å²) in [7, 11) is 1.51. The van der Waals surface area contributed by atoms with Crippen LogP contribution in [0.15, 0.2) is 12.1 Å². The number of carboxylic acids is 1. The monoisotopic (exact) mass is 319 g/mol. The number of carboxylic acid groups (broad SMARTS) is 1. The second-order valence-corrected chi connectivity index (χ2v) is 5.79. The average Bonchev–Trinajstić information content (AvgIpc) is 2.36. The Labute approximate surface area is 129 Å². The number of halogens is 2. The van der Waals surface area contributed by atoms with Gasteiger partial charge in [0, 0.05) is 17.6 Å². The highest BCUT2D eigenvalue weighted by Crippen LogP contribution is 2.30. The lowest BCUT2D eigenvalue weighted by molar-refractivity contribution is -0.140. The summed E-state index contributed by atoms with van der Waals surface area (Å²) in [6, 6.07) is 2.70. The predicted molar refractivity (Wildman–Crippen MR) is 80.7 cm³/mol. The maximum atomic E-state index is 11.2. The van der Waals surface area contributed by atoms with Gasteiger partial charge in [-0.2, -0.15) is 0 Å². The number of rotatable bonds is 7. The highest BCUT2D eigenvalue weighted by atomic mass is 35.5. The second-order valence-electron chi connectivity index (χ2n) is 4.98. The Morgan fingerprint density at radius 2 is 2.00 bits per heavy atom. The van der Waals surface area contributed by atoms with E-state index in [2.05, 4.69) is 5.32 Å². The smallest absolute Gasteiger partial charge is 0.320 e. The van der Waals surface area contributed by atoms with Gasteiger partial charge in [0.1, 0.15) is 11.8 Å². The van der Waals surface area contributed by atoms with Crippen molar-refractivity contribution in [3.05, 3.63) is 27.7 Å². The molecule has 0 spiro atoms. The molecule has 0 aliphatic rings. The highest BCUT2D eigenvalue weighted by Gasteiger charge is 2.19. The van der Waals surface area contributed by atoms with Crippen LogP contribution in [0, 0.1) is 5.92 Å². The lowest BCUT2D eigenvalue weighted by Crippen LogP contribution is -2.37. The van der Waals surface area contributed by atoms with Crippen LogP contribution in [0.25, 0.3) is 0 Å². The number of nitrogens with one attached hydrogen (secondary N) is 1. The molecule has 112 valence electrons. The normalized spacial score (nSPS) is 12.5. The highest BCUT2D eigenvalue weighted by molar-refractivity contribution is 6.34. The minimum absolute atomic E-state index is 0.290. The van der Waals surface area contributed by atoms with Crippen LogP contribution >= 0.6 is 23.2 Å². The van der Waals surface area contributed by atoms with Gasteiger partial charge in [0.25, 0.3) is 0 Å². The molecule has 0 amide bonds. The van der Waals surface area contributed by atoms with Gasteiger partial charge in [-0.15, -0.1) is 0 Å². The fourth-order valence-electron chi connectivity index (χ4n) is 1.84. The largest absolute Gasteiger partial charge is 0.495 e. The molecule has 0 heterocycles. The molecule has 0 saturated carbocycles. The van der Waals surface area contributed by atoms with Crippen LogP contribution in [-0.2, 0) is 11.3 Å². The van der Waals surface area contributed by atoms with Crippen molar-refractivity contribution in [3.63, 3.8) is 0 Å². The zero-order chi connectivity index (χ0) is 15.3. The van der Waals surface area contributed by atoms with E-state index in [4.69, 9.17) is 33.0 Å². The Balaban J connectivity index is 2.78. The zero-order valence-corrected chi connectivity index (χ0v) is 13.3. The molecule has 0 unspecified atom stereocenters. The summed E-state index contributed by atoms with van der Waals surface area (Å²) in [5, 5.41) is 13.1. The lowest BCUT2D eigenvalue weighted by atomic mass is 10.0. The minimum Gasteiger partial charge on any atom is -0.495 e. The molecule has 0 saturated heterocycles. The van der Waals surface area contributed by atoms with E-state index < -0.39 is 12.0 Å². The van der Waals surface area contributed by atoms with Crippen LogP contribution in [0.1, 0.15) is 25.8 Å². The van der Waals surface area contributed by atoms with Crippen LogP contribution in [0.2, 0.25) is 10.0 Å².